The smallest absolute Gasteiger partial charge is 0.199 e. The molecule has 0 aliphatic carbocycles. The van der Waals surface area contributed by atoms with E-state index >= 15 is 0 Å². The summed E-state index contributed by atoms with van der Waals surface area (Å²) in [5.74, 6) is -0.721. The minimum atomic E-state index is -2.29. The molecule has 2 aromatic rings. The monoisotopic (exact) mass is 456 g/mol. The van der Waals surface area contributed by atoms with E-state index in [4.69, 9.17) is 0 Å². The molecule has 4 nitrogen and oxygen atoms in total. The molecule has 2 rings (SSSR count). The van der Waals surface area contributed by atoms with Crippen LogP contribution >= 0.6 is 31.9 Å². The quantitative estimate of drug-likeness (QED) is 0.441. The molecule has 0 aromatic heterocycles. The van der Waals surface area contributed by atoms with Gasteiger partial charge in [-0.2, -0.15) is 0 Å². The lowest BCUT2D eigenvalue weighted by molar-refractivity contribution is -0.100. The molecule has 3 atom stereocenters. The van der Waals surface area contributed by atoms with Gasteiger partial charge in [-0.25, -0.2) is 0 Å². The number of carbonyl (C=O) groups excluding carboxylic acids is 1. The molecule has 0 spiro atoms. The maximum Gasteiger partial charge on any atom is 0.199 e. The first-order chi connectivity index (χ1) is 11.4. The topological polar surface area (TPSA) is 77.8 Å². The minimum absolute atomic E-state index is 0.0403. The summed E-state index contributed by atoms with van der Waals surface area (Å²) in [5.41, 5.74) is -0.135. The molecule has 0 saturated carbocycles. The van der Waals surface area contributed by atoms with Crippen molar-refractivity contribution in [1.82, 2.24) is 0 Å². The molecule has 6 heteroatoms. The Morgan fingerprint density at radius 1 is 0.875 bits per heavy atom. The molecule has 1 unspecified atom stereocenters. The van der Waals surface area contributed by atoms with Crippen LogP contribution in [0.2, 0.25) is 0 Å². The van der Waals surface area contributed by atoms with E-state index in [1.807, 2.05) is 30.3 Å². The van der Waals surface area contributed by atoms with Crippen LogP contribution in [0.15, 0.2) is 54.6 Å². The fourth-order valence-corrected chi connectivity index (χ4v) is 3.42. The molecule has 0 radical (unpaired) electrons. The van der Waals surface area contributed by atoms with E-state index in [0.29, 0.717) is 0 Å². The summed E-state index contributed by atoms with van der Waals surface area (Å²) >= 11 is 6.09. The van der Waals surface area contributed by atoms with Gasteiger partial charge in [0.05, 0.1) is 0 Å². The lowest BCUT2D eigenvalue weighted by Gasteiger charge is -2.34. The van der Waals surface area contributed by atoms with Crippen molar-refractivity contribution in [3.63, 3.8) is 0 Å². The minimum Gasteiger partial charge on any atom is -0.389 e. The number of aliphatic hydroxyl groups excluding tert-OH is 2. The van der Waals surface area contributed by atoms with E-state index < -0.39 is 23.6 Å². The van der Waals surface area contributed by atoms with Crippen LogP contribution in [0.3, 0.4) is 0 Å². The Kier molecular flexibility index (Phi) is 6.71. The van der Waals surface area contributed by atoms with E-state index in [-0.39, 0.29) is 16.2 Å². The fraction of sp³-hybridized carbons (Fsp3) is 0.278. The molecule has 2 aromatic carbocycles. The second-order valence-corrected chi connectivity index (χ2v) is 6.73. The van der Waals surface area contributed by atoms with Crippen molar-refractivity contribution >= 4 is 37.6 Å². The van der Waals surface area contributed by atoms with E-state index in [1.54, 1.807) is 24.3 Å². The second kappa shape index (κ2) is 8.36. The Morgan fingerprint density at radius 2 is 1.33 bits per heavy atom. The van der Waals surface area contributed by atoms with Crippen molar-refractivity contribution in [3.8, 4) is 11.1 Å². The van der Waals surface area contributed by atoms with Crippen LogP contribution in [0.4, 0.5) is 0 Å². The second-order valence-electron chi connectivity index (χ2n) is 5.44. The van der Waals surface area contributed by atoms with E-state index in [1.165, 1.54) is 0 Å². The van der Waals surface area contributed by atoms with Crippen LogP contribution in [0.5, 0.6) is 0 Å². The Balaban J connectivity index is 2.34. The number of halogens is 2. The number of benzene rings is 2. The average Bonchev–Trinajstić information content (AvgIpc) is 2.66. The third-order valence-corrected chi connectivity index (χ3v) is 5.15. The van der Waals surface area contributed by atoms with Crippen LogP contribution in [0.1, 0.15) is 10.4 Å². The van der Waals surface area contributed by atoms with Crippen LogP contribution in [-0.2, 0) is 0 Å². The summed E-state index contributed by atoms with van der Waals surface area (Å²) in [4.78, 5) is 12.7. The van der Waals surface area contributed by atoms with Crippen LogP contribution < -0.4 is 0 Å². The normalized spacial score (nSPS) is 16.2. The van der Waals surface area contributed by atoms with Crippen molar-refractivity contribution in [2.45, 2.75) is 17.8 Å². The Morgan fingerprint density at radius 3 is 1.79 bits per heavy atom. The van der Waals surface area contributed by atoms with Gasteiger partial charge in [0.25, 0.3) is 0 Å². The number of hydrogen-bond donors (Lipinski definition) is 3. The van der Waals surface area contributed by atoms with Gasteiger partial charge in [0.1, 0.15) is 12.2 Å². The molecule has 0 bridgehead atoms. The van der Waals surface area contributed by atoms with Gasteiger partial charge in [-0.05, 0) is 11.1 Å². The van der Waals surface area contributed by atoms with Gasteiger partial charge in [0, 0.05) is 16.2 Å². The highest BCUT2D eigenvalue weighted by Gasteiger charge is 2.48. The number of Topliss-reactive ketones (excluding diaryl/α,β-unsaturated/α-hetero) is 1. The van der Waals surface area contributed by atoms with Gasteiger partial charge in [0.15, 0.2) is 11.4 Å². The number of hydrogen-bond acceptors (Lipinski definition) is 4. The summed E-state index contributed by atoms with van der Waals surface area (Å²) in [6.45, 7) is 0. The Hall–Kier alpha value is -1.05. The first-order valence-corrected chi connectivity index (χ1v) is 9.60. The third-order valence-electron chi connectivity index (χ3n) is 3.93. The van der Waals surface area contributed by atoms with Gasteiger partial charge in [-0.15, -0.1) is 0 Å². The lowest BCUT2D eigenvalue weighted by atomic mass is 9.83. The predicted molar refractivity (Wildman–Crippen MR) is 101 cm³/mol. The van der Waals surface area contributed by atoms with E-state index in [0.717, 1.165) is 11.1 Å². The first kappa shape index (κ1) is 19.3. The summed E-state index contributed by atoms with van der Waals surface area (Å²) < 4.78 is 0. The molecule has 0 saturated heterocycles. The molecule has 24 heavy (non-hydrogen) atoms. The van der Waals surface area contributed by atoms with Crippen molar-refractivity contribution in [1.29, 1.82) is 0 Å². The van der Waals surface area contributed by atoms with E-state index in [2.05, 4.69) is 31.9 Å². The molecular formula is C18H18Br2O4. The average molecular weight is 458 g/mol. The fourth-order valence-electron chi connectivity index (χ4n) is 2.44. The number of alkyl halides is 2. The SMILES string of the molecule is O=C(c1ccc(-c2ccccc2)cc1)C(O)([C@H](O)CBr)[C@@H](O)CBr. The molecule has 0 aliphatic rings. The van der Waals surface area contributed by atoms with Crippen LogP contribution in [0, 0.1) is 0 Å². The van der Waals surface area contributed by atoms with Crippen molar-refractivity contribution in [3.05, 3.63) is 60.2 Å². The standard InChI is InChI=1S/C18H18Br2O4/c19-10-15(21)18(24,16(22)11-20)17(23)14-8-6-13(7-9-14)12-4-2-1-3-5-12/h1-9,15-16,21-22,24H,10-11H2/t15-,16+,18?. The number of aliphatic hydroxyl groups is 3. The van der Waals surface area contributed by atoms with Crippen molar-refractivity contribution in [2.24, 2.45) is 0 Å². The van der Waals surface area contributed by atoms with Gasteiger partial charge in [-0.3, -0.25) is 4.79 Å². The zero-order chi connectivity index (χ0) is 17.7. The van der Waals surface area contributed by atoms with Crippen LogP contribution in [-0.4, -0.2) is 49.6 Å². The molecule has 0 fully saturated rings. The molecule has 0 aliphatic heterocycles. The van der Waals surface area contributed by atoms with Gasteiger partial charge < -0.3 is 15.3 Å². The molecule has 128 valence electrons. The highest BCUT2D eigenvalue weighted by atomic mass is 79.9. The van der Waals surface area contributed by atoms with Gasteiger partial charge in [-0.1, -0.05) is 86.5 Å². The Bertz CT molecular complexity index is 663. The zero-order valence-electron chi connectivity index (χ0n) is 12.8. The predicted octanol–water partition coefficient (Wildman–Crippen LogP) is 2.78. The van der Waals surface area contributed by atoms with Gasteiger partial charge >= 0.3 is 0 Å². The number of rotatable bonds is 7. The number of carbonyl (C=O) groups is 1. The summed E-state index contributed by atoms with van der Waals surface area (Å²) in [5, 5.41) is 30.7. The Labute approximate surface area is 157 Å². The highest BCUT2D eigenvalue weighted by Crippen LogP contribution is 2.26. The largest absolute Gasteiger partial charge is 0.389 e. The molecular weight excluding hydrogens is 440 g/mol. The molecule has 0 heterocycles. The summed E-state index contributed by atoms with van der Waals surface area (Å²) in [6, 6.07) is 16.4. The lowest BCUT2D eigenvalue weighted by Crippen LogP contribution is -2.59. The summed E-state index contributed by atoms with van der Waals surface area (Å²) in [6.07, 6.45) is -2.88. The molecule has 0 amide bonds. The maximum atomic E-state index is 12.7. The van der Waals surface area contributed by atoms with Crippen molar-refractivity contribution < 1.29 is 20.1 Å². The maximum absolute atomic E-state index is 12.7. The highest BCUT2D eigenvalue weighted by molar-refractivity contribution is 9.09. The number of ketones is 1. The first-order valence-electron chi connectivity index (χ1n) is 7.35. The van der Waals surface area contributed by atoms with Gasteiger partial charge in [0.2, 0.25) is 0 Å². The summed E-state index contributed by atoms with van der Waals surface area (Å²) in [7, 11) is 0. The molecule has 3 N–H and O–H groups in total. The van der Waals surface area contributed by atoms with E-state index in [9.17, 15) is 20.1 Å². The third kappa shape index (κ3) is 3.78. The zero-order valence-corrected chi connectivity index (χ0v) is 15.9. The van der Waals surface area contributed by atoms with Crippen LogP contribution in [0.25, 0.3) is 11.1 Å². The van der Waals surface area contributed by atoms with Crippen molar-refractivity contribution in [2.75, 3.05) is 10.7 Å².